The van der Waals surface area contributed by atoms with E-state index in [0.29, 0.717) is 26.1 Å². The zero-order chi connectivity index (χ0) is 12.5. The maximum atomic E-state index is 11.7. The topological polar surface area (TPSA) is 46.6 Å². The lowest BCUT2D eigenvalue weighted by Crippen LogP contribution is -2.47. The smallest absolute Gasteiger partial charge is 0.409 e. The third kappa shape index (κ3) is 2.35. The lowest BCUT2D eigenvalue weighted by molar-refractivity contribution is -0.116. The van der Waals surface area contributed by atoms with E-state index in [1.807, 2.05) is 6.92 Å². The van der Waals surface area contributed by atoms with Crippen LogP contribution >= 0.6 is 0 Å². The van der Waals surface area contributed by atoms with Crippen molar-refractivity contribution < 1.29 is 14.3 Å². The summed E-state index contributed by atoms with van der Waals surface area (Å²) in [4.78, 5) is 24.9. The summed E-state index contributed by atoms with van der Waals surface area (Å²) in [5.74, 6) is 0.224. The highest BCUT2D eigenvalue weighted by molar-refractivity contribution is 5.91. The van der Waals surface area contributed by atoms with Gasteiger partial charge in [-0.3, -0.25) is 4.79 Å². The second kappa shape index (κ2) is 4.51. The lowest BCUT2D eigenvalue weighted by Gasteiger charge is -2.43. The Morgan fingerprint density at radius 2 is 2.29 bits per heavy atom. The Kier molecular flexibility index (Phi) is 3.22. The van der Waals surface area contributed by atoms with Crippen LogP contribution in [-0.2, 0) is 9.53 Å². The molecule has 0 unspecified atom stereocenters. The van der Waals surface area contributed by atoms with E-state index in [1.165, 1.54) is 5.57 Å². The number of piperidine rings is 1. The second-order valence-corrected chi connectivity index (χ2v) is 5.07. The lowest BCUT2D eigenvalue weighted by atomic mass is 9.70. The van der Waals surface area contributed by atoms with Gasteiger partial charge in [0.25, 0.3) is 0 Å². The first-order valence-corrected chi connectivity index (χ1v) is 6.21. The number of amides is 1. The van der Waals surface area contributed by atoms with E-state index >= 15 is 0 Å². The molecule has 4 nitrogen and oxygen atoms in total. The van der Waals surface area contributed by atoms with Crippen molar-refractivity contribution in [3.63, 3.8) is 0 Å². The van der Waals surface area contributed by atoms with E-state index in [0.717, 1.165) is 12.8 Å². The largest absolute Gasteiger partial charge is 0.450 e. The van der Waals surface area contributed by atoms with Gasteiger partial charge in [0.2, 0.25) is 0 Å². The minimum Gasteiger partial charge on any atom is -0.450 e. The maximum absolute atomic E-state index is 11.7. The van der Waals surface area contributed by atoms with Gasteiger partial charge < -0.3 is 9.64 Å². The Hall–Kier alpha value is -1.32. The van der Waals surface area contributed by atoms with Gasteiger partial charge in [-0.15, -0.1) is 0 Å². The molecule has 2 rings (SSSR count). The minimum atomic E-state index is -0.232. The molecule has 17 heavy (non-hydrogen) atoms. The Bertz CT molecular complexity index is 375. The van der Waals surface area contributed by atoms with Crippen molar-refractivity contribution in [2.24, 2.45) is 5.41 Å². The fourth-order valence-electron chi connectivity index (χ4n) is 2.68. The third-order valence-electron chi connectivity index (χ3n) is 3.75. The van der Waals surface area contributed by atoms with Crippen LogP contribution in [0.5, 0.6) is 0 Å². The molecule has 1 aliphatic carbocycles. The van der Waals surface area contributed by atoms with Crippen molar-refractivity contribution in [3.05, 3.63) is 11.6 Å². The molecule has 0 aromatic carbocycles. The number of ether oxygens (including phenoxy) is 1. The molecule has 0 spiro atoms. The summed E-state index contributed by atoms with van der Waals surface area (Å²) < 4.78 is 5.03. The van der Waals surface area contributed by atoms with E-state index in [4.69, 9.17) is 4.74 Å². The van der Waals surface area contributed by atoms with E-state index in [2.05, 4.69) is 6.92 Å². The molecule has 0 bridgehead atoms. The van der Waals surface area contributed by atoms with Crippen molar-refractivity contribution in [2.75, 3.05) is 19.7 Å². The van der Waals surface area contributed by atoms with Gasteiger partial charge in [-0.2, -0.15) is 0 Å². The summed E-state index contributed by atoms with van der Waals surface area (Å²) in [5.41, 5.74) is 1.17. The van der Waals surface area contributed by atoms with Crippen LogP contribution in [0.15, 0.2) is 11.6 Å². The molecular weight excluding hydrogens is 218 g/mol. The average Bonchev–Trinajstić information content (AvgIpc) is 2.29. The molecule has 1 fully saturated rings. The summed E-state index contributed by atoms with van der Waals surface area (Å²) in [7, 11) is 0. The van der Waals surface area contributed by atoms with Crippen LogP contribution in [0.1, 0.15) is 33.1 Å². The molecule has 1 saturated heterocycles. The molecule has 4 heteroatoms. The average molecular weight is 237 g/mol. The number of allylic oxidation sites excluding steroid dienone is 1. The molecular formula is C13H19NO3. The van der Waals surface area contributed by atoms with E-state index < -0.39 is 0 Å². The number of nitrogens with zero attached hydrogens (tertiary/aromatic N) is 1. The maximum Gasteiger partial charge on any atom is 0.409 e. The van der Waals surface area contributed by atoms with Gasteiger partial charge in [-0.1, -0.05) is 12.5 Å². The number of carbonyl (C=O) groups is 2. The van der Waals surface area contributed by atoms with Crippen molar-refractivity contribution in [1.29, 1.82) is 0 Å². The van der Waals surface area contributed by atoms with Crippen molar-refractivity contribution in [2.45, 2.75) is 33.1 Å². The van der Waals surface area contributed by atoms with Crippen LogP contribution in [0, 0.1) is 5.41 Å². The molecule has 0 radical (unpaired) electrons. The normalized spacial score (nSPS) is 28.5. The van der Waals surface area contributed by atoms with Crippen LogP contribution in [0.4, 0.5) is 4.79 Å². The molecule has 94 valence electrons. The highest BCUT2D eigenvalue weighted by Crippen LogP contribution is 2.41. The van der Waals surface area contributed by atoms with Gasteiger partial charge in [-0.25, -0.2) is 4.79 Å². The minimum absolute atomic E-state index is 0.0288. The first-order chi connectivity index (χ1) is 8.05. The van der Waals surface area contributed by atoms with Crippen LogP contribution in [-0.4, -0.2) is 36.5 Å². The Balaban J connectivity index is 2.11. The van der Waals surface area contributed by atoms with Crippen LogP contribution in [0.3, 0.4) is 0 Å². The first kappa shape index (κ1) is 12.1. The first-order valence-electron chi connectivity index (χ1n) is 6.21. The summed E-state index contributed by atoms with van der Waals surface area (Å²) in [6, 6.07) is 0. The Morgan fingerprint density at radius 3 is 3.00 bits per heavy atom. The summed E-state index contributed by atoms with van der Waals surface area (Å²) in [6.07, 6.45) is 3.78. The quantitative estimate of drug-likeness (QED) is 0.702. The van der Waals surface area contributed by atoms with E-state index in [1.54, 1.807) is 11.0 Å². The number of ketones is 1. The number of likely N-dealkylation sites (tertiary alicyclic amines) is 1. The number of hydrogen-bond acceptors (Lipinski definition) is 3. The second-order valence-electron chi connectivity index (χ2n) is 5.07. The Morgan fingerprint density at radius 1 is 1.53 bits per heavy atom. The zero-order valence-electron chi connectivity index (χ0n) is 10.5. The zero-order valence-corrected chi connectivity index (χ0v) is 10.5. The van der Waals surface area contributed by atoms with Crippen LogP contribution < -0.4 is 0 Å². The number of fused-ring (bicyclic) bond motifs is 1. The molecule has 1 heterocycles. The van der Waals surface area contributed by atoms with E-state index in [9.17, 15) is 9.59 Å². The fourth-order valence-corrected chi connectivity index (χ4v) is 2.68. The molecule has 2 aliphatic rings. The molecule has 0 N–H and O–H groups in total. The highest BCUT2D eigenvalue weighted by Gasteiger charge is 2.39. The van der Waals surface area contributed by atoms with Crippen LogP contribution in [0.25, 0.3) is 0 Å². The standard InChI is InChI=1S/C13H19NO3/c1-3-17-12(16)14-7-5-10-8-11(15)4-6-13(10,2)9-14/h8H,3-7,9H2,1-2H3/t13-/m1/s1. The summed E-state index contributed by atoms with van der Waals surface area (Å²) in [6.45, 7) is 5.69. The van der Waals surface area contributed by atoms with Crippen molar-refractivity contribution >= 4 is 11.9 Å². The van der Waals surface area contributed by atoms with E-state index in [-0.39, 0.29) is 17.3 Å². The van der Waals surface area contributed by atoms with Gasteiger partial charge in [0.15, 0.2) is 5.78 Å². The third-order valence-corrected chi connectivity index (χ3v) is 3.75. The fraction of sp³-hybridized carbons (Fsp3) is 0.692. The highest BCUT2D eigenvalue weighted by atomic mass is 16.6. The molecule has 0 aromatic heterocycles. The van der Waals surface area contributed by atoms with Crippen molar-refractivity contribution in [1.82, 2.24) is 4.90 Å². The number of rotatable bonds is 1. The molecule has 0 aromatic rings. The Labute approximate surface area is 102 Å². The monoisotopic (exact) mass is 237 g/mol. The summed E-state index contributed by atoms with van der Waals surface area (Å²) >= 11 is 0. The van der Waals surface area contributed by atoms with Gasteiger partial charge in [-0.05, 0) is 25.8 Å². The predicted octanol–water partition coefficient (Wildman–Crippen LogP) is 2.14. The molecule has 1 amide bonds. The van der Waals surface area contributed by atoms with Gasteiger partial charge in [0.1, 0.15) is 0 Å². The van der Waals surface area contributed by atoms with Gasteiger partial charge in [0, 0.05) is 24.9 Å². The summed E-state index contributed by atoms with van der Waals surface area (Å²) in [5, 5.41) is 0. The SMILES string of the molecule is CCOC(=O)N1CCC2=CC(=O)CC[C@]2(C)C1. The van der Waals surface area contributed by atoms with Crippen LogP contribution in [0.2, 0.25) is 0 Å². The van der Waals surface area contributed by atoms with Gasteiger partial charge >= 0.3 is 6.09 Å². The molecule has 1 aliphatic heterocycles. The predicted molar refractivity (Wildman–Crippen MR) is 63.6 cm³/mol. The number of carbonyl (C=O) groups excluding carboxylic acids is 2. The number of hydrogen-bond donors (Lipinski definition) is 0. The molecule has 0 saturated carbocycles. The van der Waals surface area contributed by atoms with Gasteiger partial charge in [0.05, 0.1) is 6.61 Å². The van der Waals surface area contributed by atoms with Crippen molar-refractivity contribution in [3.8, 4) is 0 Å². The molecule has 1 atom stereocenters.